The van der Waals surface area contributed by atoms with Crippen LogP contribution in [0.1, 0.15) is 33.0 Å². The number of anilines is 1. The van der Waals surface area contributed by atoms with E-state index in [1.807, 2.05) is 26.8 Å². The fourth-order valence-corrected chi connectivity index (χ4v) is 3.79. The Labute approximate surface area is 155 Å². The number of nitrogens with one attached hydrogen (secondary N) is 1. The van der Waals surface area contributed by atoms with Gasteiger partial charge in [-0.3, -0.25) is 4.79 Å². The highest BCUT2D eigenvalue weighted by molar-refractivity contribution is 8.01. The van der Waals surface area contributed by atoms with Crippen LogP contribution in [0, 0.1) is 11.3 Å². The normalized spacial score (nSPS) is 11.1. The highest BCUT2D eigenvalue weighted by atomic mass is 32.2. The second-order valence-electron chi connectivity index (χ2n) is 6.34. The van der Waals surface area contributed by atoms with E-state index < -0.39 is 0 Å². The molecule has 9 heteroatoms. The number of hydrogen-bond donors (Lipinski definition) is 1. The predicted molar refractivity (Wildman–Crippen MR) is 98.4 cm³/mol. The lowest BCUT2D eigenvalue weighted by atomic mass is 10.1. The van der Waals surface area contributed by atoms with Gasteiger partial charge in [0.1, 0.15) is 5.76 Å². The summed E-state index contributed by atoms with van der Waals surface area (Å²) < 4.78 is 6.03. The van der Waals surface area contributed by atoms with Crippen molar-refractivity contribution in [2.24, 2.45) is 0 Å². The lowest BCUT2D eigenvalue weighted by Crippen LogP contribution is -2.32. The van der Waals surface area contributed by atoms with Crippen LogP contribution in [0.4, 0.5) is 5.13 Å². The van der Waals surface area contributed by atoms with Crippen LogP contribution in [0.25, 0.3) is 0 Å². The fourth-order valence-electron chi connectivity index (χ4n) is 1.92. The zero-order valence-electron chi connectivity index (χ0n) is 14.5. The van der Waals surface area contributed by atoms with E-state index in [1.165, 1.54) is 23.1 Å². The molecule has 0 fully saturated rings. The van der Waals surface area contributed by atoms with Gasteiger partial charge in [0, 0.05) is 12.1 Å². The van der Waals surface area contributed by atoms with Crippen LogP contribution in [-0.2, 0) is 11.3 Å². The average molecular weight is 380 g/mol. The predicted octanol–water partition coefficient (Wildman–Crippen LogP) is 3.38. The summed E-state index contributed by atoms with van der Waals surface area (Å²) >= 11 is 2.77. The molecule has 7 nitrogen and oxygen atoms in total. The van der Waals surface area contributed by atoms with Crippen LogP contribution in [0.15, 0.2) is 27.2 Å². The number of hydrogen-bond acceptors (Lipinski definition) is 8. The molecule has 0 unspecified atom stereocenters. The molecule has 0 radical (unpaired) electrons. The number of rotatable bonds is 8. The van der Waals surface area contributed by atoms with E-state index in [9.17, 15) is 4.79 Å². The molecular weight excluding hydrogens is 358 g/mol. The van der Waals surface area contributed by atoms with E-state index in [2.05, 4.69) is 21.6 Å². The van der Waals surface area contributed by atoms with Crippen LogP contribution in [-0.4, -0.2) is 38.8 Å². The molecule has 134 valence electrons. The molecule has 0 saturated heterocycles. The van der Waals surface area contributed by atoms with Crippen molar-refractivity contribution in [1.29, 1.82) is 5.26 Å². The first-order chi connectivity index (χ1) is 11.9. The third-order valence-corrected chi connectivity index (χ3v) is 4.94. The smallest absolute Gasteiger partial charge is 0.233 e. The molecule has 2 heterocycles. The van der Waals surface area contributed by atoms with E-state index in [4.69, 9.17) is 9.68 Å². The molecule has 1 amide bonds. The van der Waals surface area contributed by atoms with Gasteiger partial charge in [-0.05, 0) is 32.9 Å². The number of carbonyl (C=O) groups is 1. The van der Waals surface area contributed by atoms with Gasteiger partial charge in [0.15, 0.2) is 4.34 Å². The first-order valence-electron chi connectivity index (χ1n) is 7.79. The number of amides is 1. The first-order valence-corrected chi connectivity index (χ1v) is 9.59. The van der Waals surface area contributed by atoms with E-state index >= 15 is 0 Å². The zero-order chi connectivity index (χ0) is 18.3. The summed E-state index contributed by atoms with van der Waals surface area (Å²) in [5.41, 5.74) is -0.0889. The Morgan fingerprint density at radius 3 is 2.92 bits per heavy atom. The van der Waals surface area contributed by atoms with Crippen molar-refractivity contribution >= 4 is 34.1 Å². The maximum absolute atomic E-state index is 12.5. The summed E-state index contributed by atoms with van der Waals surface area (Å²) in [5, 5.41) is 21.0. The van der Waals surface area contributed by atoms with Gasteiger partial charge in [-0.25, -0.2) is 0 Å². The quantitative estimate of drug-likeness (QED) is 0.703. The number of carbonyl (C=O) groups excluding carboxylic acids is 1. The molecule has 0 atom stereocenters. The van der Waals surface area contributed by atoms with Gasteiger partial charge < -0.3 is 14.6 Å². The molecule has 25 heavy (non-hydrogen) atoms. The van der Waals surface area contributed by atoms with Gasteiger partial charge in [-0.15, -0.1) is 10.2 Å². The average Bonchev–Trinajstić information content (AvgIpc) is 3.19. The van der Waals surface area contributed by atoms with E-state index in [1.54, 1.807) is 17.2 Å². The van der Waals surface area contributed by atoms with Crippen LogP contribution < -0.4 is 5.32 Å². The van der Waals surface area contributed by atoms with Crippen LogP contribution in [0.5, 0.6) is 0 Å². The molecule has 2 rings (SSSR count). The third-order valence-electron chi connectivity index (χ3n) is 2.98. The van der Waals surface area contributed by atoms with Crippen LogP contribution in [0.3, 0.4) is 0 Å². The zero-order valence-corrected chi connectivity index (χ0v) is 16.1. The number of nitrogens with zero attached hydrogens (tertiary/aromatic N) is 4. The highest BCUT2D eigenvalue weighted by Gasteiger charge is 2.18. The molecule has 2 aromatic heterocycles. The van der Waals surface area contributed by atoms with E-state index in [0.29, 0.717) is 18.8 Å². The summed E-state index contributed by atoms with van der Waals surface area (Å²) in [5.74, 6) is 0.886. The summed E-state index contributed by atoms with van der Waals surface area (Å²) in [4.78, 5) is 14.1. The summed E-state index contributed by atoms with van der Waals surface area (Å²) in [6, 6.07) is 5.67. The Kier molecular flexibility index (Phi) is 6.84. The summed E-state index contributed by atoms with van der Waals surface area (Å²) in [7, 11) is 0. The van der Waals surface area contributed by atoms with Crippen LogP contribution in [0.2, 0.25) is 0 Å². The second-order valence-corrected chi connectivity index (χ2v) is 8.54. The molecule has 0 spiro atoms. The maximum Gasteiger partial charge on any atom is 0.233 e. The van der Waals surface area contributed by atoms with Gasteiger partial charge in [0.2, 0.25) is 11.0 Å². The van der Waals surface area contributed by atoms with E-state index in [-0.39, 0.29) is 23.6 Å². The SMILES string of the molecule is CC(C)(C)Nc1nnc(SCC(=O)N(CCC#N)Cc2ccco2)s1. The summed E-state index contributed by atoms with van der Waals surface area (Å²) in [6.07, 6.45) is 1.86. The van der Waals surface area contributed by atoms with Crippen molar-refractivity contribution < 1.29 is 9.21 Å². The van der Waals surface area contributed by atoms with Gasteiger partial charge in [-0.1, -0.05) is 23.1 Å². The largest absolute Gasteiger partial charge is 0.467 e. The van der Waals surface area contributed by atoms with Gasteiger partial charge in [0.05, 0.1) is 31.1 Å². The number of furan rings is 1. The third kappa shape index (κ3) is 6.76. The fraction of sp³-hybridized carbons (Fsp3) is 0.500. The minimum Gasteiger partial charge on any atom is -0.467 e. The highest BCUT2D eigenvalue weighted by Crippen LogP contribution is 2.27. The van der Waals surface area contributed by atoms with Gasteiger partial charge in [-0.2, -0.15) is 5.26 Å². The van der Waals surface area contributed by atoms with Gasteiger partial charge >= 0.3 is 0 Å². The molecule has 2 aromatic rings. The van der Waals surface area contributed by atoms with Crippen molar-refractivity contribution in [3.05, 3.63) is 24.2 Å². The second kappa shape index (κ2) is 8.87. The lowest BCUT2D eigenvalue weighted by Gasteiger charge is -2.20. The minimum absolute atomic E-state index is 0.0582. The monoisotopic (exact) mass is 379 g/mol. The Bertz CT molecular complexity index is 716. The standard InChI is InChI=1S/C16H21N5O2S2/c1-16(2,3)18-14-19-20-15(25-14)24-11-13(22)21(8-5-7-17)10-12-6-4-9-23-12/h4,6,9H,5,8,10-11H2,1-3H3,(H,18,19). The molecule has 1 N–H and O–H groups in total. The minimum atomic E-state index is -0.0889. The van der Waals surface area contributed by atoms with Crippen molar-refractivity contribution in [1.82, 2.24) is 15.1 Å². The Hall–Kier alpha value is -2.05. The maximum atomic E-state index is 12.5. The molecule has 0 aromatic carbocycles. The van der Waals surface area contributed by atoms with E-state index in [0.717, 1.165) is 9.47 Å². The lowest BCUT2D eigenvalue weighted by molar-refractivity contribution is -0.129. The Balaban J connectivity index is 1.90. The van der Waals surface area contributed by atoms with Gasteiger partial charge in [0.25, 0.3) is 0 Å². The Morgan fingerprint density at radius 1 is 1.48 bits per heavy atom. The van der Waals surface area contributed by atoms with Crippen molar-refractivity contribution in [3.63, 3.8) is 0 Å². The van der Waals surface area contributed by atoms with Crippen molar-refractivity contribution in [3.8, 4) is 6.07 Å². The molecule has 0 bridgehead atoms. The molecule has 0 aliphatic heterocycles. The summed E-state index contributed by atoms with van der Waals surface area (Å²) in [6.45, 7) is 6.88. The number of nitriles is 1. The number of aromatic nitrogens is 2. The molecular formula is C16H21N5O2S2. The topological polar surface area (TPSA) is 95.0 Å². The number of thioether (sulfide) groups is 1. The van der Waals surface area contributed by atoms with Crippen molar-refractivity contribution in [2.45, 2.75) is 43.6 Å². The molecule has 0 aliphatic carbocycles. The Morgan fingerprint density at radius 2 is 2.28 bits per heavy atom. The first kappa shape index (κ1) is 19.3. The van der Waals surface area contributed by atoms with Crippen molar-refractivity contribution in [2.75, 3.05) is 17.6 Å². The molecule has 0 saturated carbocycles. The molecule has 0 aliphatic rings. The van der Waals surface area contributed by atoms with Crippen LogP contribution >= 0.6 is 23.1 Å².